The molecule has 0 aliphatic heterocycles. The Hall–Kier alpha value is -1.79. The molecule has 20 heavy (non-hydrogen) atoms. The quantitative estimate of drug-likeness (QED) is 0.834. The van der Waals surface area contributed by atoms with Gasteiger partial charge in [-0.3, -0.25) is 0 Å². The Labute approximate surface area is 120 Å². The number of nitrogens with zero attached hydrogens (tertiary/aromatic N) is 3. The second kappa shape index (κ2) is 4.96. The predicted octanol–water partition coefficient (Wildman–Crippen LogP) is 2.96. The average Bonchev–Trinajstić information content (AvgIpc) is 3.16. The number of fused-ring (bicyclic) bond motifs is 1. The number of para-hydroxylation sites is 1. The van der Waals surface area contributed by atoms with Crippen molar-refractivity contribution in [3.8, 4) is 6.07 Å². The van der Waals surface area contributed by atoms with Crippen molar-refractivity contribution in [2.45, 2.75) is 19.3 Å². The fraction of sp³-hybridized carbons (Fsp3) is 0.471. The molecule has 1 aliphatic rings. The van der Waals surface area contributed by atoms with Crippen molar-refractivity contribution in [1.82, 2.24) is 9.47 Å². The fourth-order valence-electron chi connectivity index (χ4n) is 2.99. The zero-order chi connectivity index (χ0) is 14.2. The highest BCUT2D eigenvalue weighted by Gasteiger charge is 2.43. The number of hydrogen-bond donors (Lipinski definition) is 0. The highest BCUT2D eigenvalue weighted by atomic mass is 15.1. The molecule has 104 valence electrons. The lowest BCUT2D eigenvalue weighted by Gasteiger charge is -2.18. The lowest BCUT2D eigenvalue weighted by Crippen LogP contribution is -2.28. The molecule has 0 bridgehead atoms. The normalized spacial score (nSPS) is 16.5. The third kappa shape index (κ3) is 2.44. The Kier molecular flexibility index (Phi) is 3.27. The SMILES string of the molecule is CN(CCc1cn(C)c2ccccc12)CC1(C#N)CC1. The molecule has 3 nitrogen and oxygen atoms in total. The van der Waals surface area contributed by atoms with E-state index in [1.165, 1.54) is 16.5 Å². The van der Waals surface area contributed by atoms with Gasteiger partial charge in [0.15, 0.2) is 0 Å². The van der Waals surface area contributed by atoms with Crippen molar-refractivity contribution in [3.63, 3.8) is 0 Å². The molecule has 3 rings (SSSR count). The number of hydrogen-bond acceptors (Lipinski definition) is 2. The first-order valence-corrected chi connectivity index (χ1v) is 7.26. The van der Waals surface area contributed by atoms with Gasteiger partial charge in [-0.25, -0.2) is 0 Å². The Morgan fingerprint density at radius 2 is 2.10 bits per heavy atom. The lowest BCUT2D eigenvalue weighted by molar-refractivity contribution is 0.297. The maximum atomic E-state index is 9.16. The number of aromatic nitrogens is 1. The van der Waals surface area contributed by atoms with E-state index < -0.39 is 0 Å². The second-order valence-corrected chi connectivity index (χ2v) is 6.16. The number of aryl methyl sites for hydroxylation is 1. The molecule has 3 heteroatoms. The van der Waals surface area contributed by atoms with Gasteiger partial charge in [-0.05, 0) is 37.9 Å². The van der Waals surface area contributed by atoms with E-state index in [1.807, 2.05) is 0 Å². The molecule has 1 saturated carbocycles. The predicted molar refractivity (Wildman–Crippen MR) is 81.4 cm³/mol. The summed E-state index contributed by atoms with van der Waals surface area (Å²) in [6, 6.07) is 11.0. The van der Waals surface area contributed by atoms with Crippen LogP contribution in [-0.2, 0) is 13.5 Å². The van der Waals surface area contributed by atoms with E-state index in [0.29, 0.717) is 0 Å². The highest BCUT2D eigenvalue weighted by Crippen LogP contribution is 2.45. The molecular formula is C17H21N3. The van der Waals surface area contributed by atoms with Gasteiger partial charge in [0.05, 0.1) is 11.5 Å². The molecule has 1 heterocycles. The smallest absolute Gasteiger partial charge is 0.0703 e. The first-order valence-electron chi connectivity index (χ1n) is 7.26. The summed E-state index contributed by atoms with van der Waals surface area (Å²) in [6.45, 7) is 1.92. The summed E-state index contributed by atoms with van der Waals surface area (Å²) in [4.78, 5) is 2.30. The van der Waals surface area contributed by atoms with E-state index in [-0.39, 0.29) is 5.41 Å². The molecule has 1 aromatic carbocycles. The molecule has 1 aliphatic carbocycles. The number of benzene rings is 1. The highest BCUT2D eigenvalue weighted by molar-refractivity contribution is 5.83. The standard InChI is InChI=1S/C17H21N3/c1-19(13-17(12-18)8-9-17)10-7-14-11-20(2)16-6-4-3-5-15(14)16/h3-6,11H,7-10,13H2,1-2H3. The lowest BCUT2D eigenvalue weighted by atomic mass is 10.1. The van der Waals surface area contributed by atoms with Crippen molar-refractivity contribution in [2.75, 3.05) is 20.1 Å². The van der Waals surface area contributed by atoms with Gasteiger partial charge in [-0.2, -0.15) is 5.26 Å². The van der Waals surface area contributed by atoms with E-state index in [0.717, 1.165) is 32.4 Å². The summed E-state index contributed by atoms with van der Waals surface area (Å²) in [6.07, 6.45) is 5.42. The minimum atomic E-state index is -0.0342. The summed E-state index contributed by atoms with van der Waals surface area (Å²) >= 11 is 0. The van der Waals surface area contributed by atoms with E-state index >= 15 is 0 Å². The summed E-state index contributed by atoms with van der Waals surface area (Å²) in [5, 5.41) is 10.5. The third-order valence-electron chi connectivity index (χ3n) is 4.41. The number of nitriles is 1. The van der Waals surface area contributed by atoms with Gasteiger partial charge in [-0.1, -0.05) is 18.2 Å². The van der Waals surface area contributed by atoms with Crippen LogP contribution in [0.1, 0.15) is 18.4 Å². The average molecular weight is 267 g/mol. The van der Waals surface area contributed by atoms with Gasteiger partial charge < -0.3 is 9.47 Å². The van der Waals surface area contributed by atoms with Gasteiger partial charge in [0.25, 0.3) is 0 Å². The number of rotatable bonds is 5. The van der Waals surface area contributed by atoms with Crippen LogP contribution in [0.2, 0.25) is 0 Å². The zero-order valence-electron chi connectivity index (χ0n) is 12.3. The van der Waals surface area contributed by atoms with Crippen molar-refractivity contribution < 1.29 is 0 Å². The Morgan fingerprint density at radius 3 is 2.80 bits per heavy atom. The maximum Gasteiger partial charge on any atom is 0.0703 e. The van der Waals surface area contributed by atoms with Crippen LogP contribution in [-0.4, -0.2) is 29.6 Å². The molecule has 0 atom stereocenters. The molecule has 1 aromatic heterocycles. The van der Waals surface area contributed by atoms with Gasteiger partial charge in [-0.15, -0.1) is 0 Å². The molecule has 0 amide bonds. The molecular weight excluding hydrogens is 246 g/mol. The van der Waals surface area contributed by atoms with Crippen LogP contribution in [0.25, 0.3) is 10.9 Å². The van der Waals surface area contributed by atoms with Gasteiger partial charge in [0.2, 0.25) is 0 Å². The first-order chi connectivity index (χ1) is 9.63. The number of likely N-dealkylation sites (N-methyl/N-ethyl adjacent to an activating group) is 1. The van der Waals surface area contributed by atoms with Crippen LogP contribution in [0, 0.1) is 16.7 Å². The minimum absolute atomic E-state index is 0.0342. The van der Waals surface area contributed by atoms with Crippen LogP contribution in [0.3, 0.4) is 0 Å². The van der Waals surface area contributed by atoms with Crippen LogP contribution < -0.4 is 0 Å². The summed E-state index contributed by atoms with van der Waals surface area (Å²) < 4.78 is 2.20. The van der Waals surface area contributed by atoms with Crippen molar-refractivity contribution in [1.29, 1.82) is 5.26 Å². The van der Waals surface area contributed by atoms with Crippen molar-refractivity contribution in [2.24, 2.45) is 12.5 Å². The van der Waals surface area contributed by atoms with Crippen LogP contribution >= 0.6 is 0 Å². The molecule has 0 N–H and O–H groups in total. The molecule has 0 unspecified atom stereocenters. The van der Waals surface area contributed by atoms with Gasteiger partial charge in [0, 0.05) is 37.2 Å². The van der Waals surface area contributed by atoms with Crippen LogP contribution in [0.4, 0.5) is 0 Å². The molecule has 0 saturated heterocycles. The summed E-state index contributed by atoms with van der Waals surface area (Å²) in [7, 11) is 4.23. The Morgan fingerprint density at radius 1 is 1.35 bits per heavy atom. The monoisotopic (exact) mass is 267 g/mol. The second-order valence-electron chi connectivity index (χ2n) is 6.16. The van der Waals surface area contributed by atoms with E-state index in [2.05, 4.69) is 60.1 Å². The maximum absolute atomic E-state index is 9.16. The van der Waals surface area contributed by atoms with Gasteiger partial charge >= 0.3 is 0 Å². The van der Waals surface area contributed by atoms with E-state index in [1.54, 1.807) is 0 Å². The van der Waals surface area contributed by atoms with Crippen molar-refractivity contribution >= 4 is 10.9 Å². The molecule has 0 radical (unpaired) electrons. The Bertz CT molecular complexity index is 658. The van der Waals surface area contributed by atoms with Crippen molar-refractivity contribution in [3.05, 3.63) is 36.0 Å². The molecule has 1 fully saturated rings. The first kappa shape index (κ1) is 13.2. The zero-order valence-corrected chi connectivity index (χ0v) is 12.3. The molecule has 2 aromatic rings. The summed E-state index contributed by atoms with van der Waals surface area (Å²) in [5.74, 6) is 0. The van der Waals surface area contributed by atoms with Gasteiger partial charge in [0.1, 0.15) is 0 Å². The molecule has 0 spiro atoms. The largest absolute Gasteiger partial charge is 0.350 e. The minimum Gasteiger partial charge on any atom is -0.350 e. The summed E-state index contributed by atoms with van der Waals surface area (Å²) in [5.41, 5.74) is 2.66. The Balaban J connectivity index is 1.67. The fourth-order valence-corrected chi connectivity index (χ4v) is 2.99. The van der Waals surface area contributed by atoms with Crippen LogP contribution in [0.5, 0.6) is 0 Å². The third-order valence-corrected chi connectivity index (χ3v) is 4.41. The topological polar surface area (TPSA) is 32.0 Å². The van der Waals surface area contributed by atoms with E-state index in [4.69, 9.17) is 5.26 Å². The van der Waals surface area contributed by atoms with Crippen LogP contribution in [0.15, 0.2) is 30.5 Å². The van der Waals surface area contributed by atoms with E-state index in [9.17, 15) is 0 Å².